The number of ether oxygens (including phenoxy) is 1. The average molecular weight is 293 g/mol. The van der Waals surface area contributed by atoms with Crippen LogP contribution in [0, 0.1) is 0 Å². The van der Waals surface area contributed by atoms with Crippen LogP contribution >= 0.6 is 0 Å². The van der Waals surface area contributed by atoms with Gasteiger partial charge in [0.25, 0.3) is 0 Å². The molecule has 1 amide bonds. The van der Waals surface area contributed by atoms with Crippen molar-refractivity contribution in [2.75, 3.05) is 6.54 Å². The lowest BCUT2D eigenvalue weighted by molar-refractivity contribution is -0.142. The van der Waals surface area contributed by atoms with Crippen LogP contribution in [0.25, 0.3) is 0 Å². The molecule has 0 saturated heterocycles. The van der Waals surface area contributed by atoms with Gasteiger partial charge in [0, 0.05) is 6.54 Å². The van der Waals surface area contributed by atoms with Crippen molar-refractivity contribution in [3.63, 3.8) is 0 Å². The van der Waals surface area contributed by atoms with E-state index in [1.165, 1.54) is 11.8 Å². The van der Waals surface area contributed by atoms with E-state index < -0.39 is 23.7 Å². The van der Waals surface area contributed by atoms with E-state index in [0.29, 0.717) is 13.0 Å². The number of carbonyl (C=O) groups excluding carboxylic acids is 1. The van der Waals surface area contributed by atoms with Crippen LogP contribution in [-0.2, 0) is 16.0 Å². The van der Waals surface area contributed by atoms with Crippen LogP contribution in [0.1, 0.15) is 33.3 Å². The number of carboxylic acids is 1. The first-order valence-corrected chi connectivity index (χ1v) is 6.97. The molecule has 1 N–H and O–H groups in total. The van der Waals surface area contributed by atoms with Crippen LogP contribution < -0.4 is 0 Å². The van der Waals surface area contributed by atoms with Crippen molar-refractivity contribution in [2.24, 2.45) is 0 Å². The second kappa shape index (κ2) is 7.11. The molecule has 0 radical (unpaired) electrons. The number of hydrogen-bond acceptors (Lipinski definition) is 3. The van der Waals surface area contributed by atoms with Crippen molar-refractivity contribution < 1.29 is 19.4 Å². The molecule has 0 saturated carbocycles. The molecule has 0 heterocycles. The van der Waals surface area contributed by atoms with Gasteiger partial charge in [0.2, 0.25) is 0 Å². The van der Waals surface area contributed by atoms with Crippen molar-refractivity contribution in [1.82, 2.24) is 4.90 Å². The van der Waals surface area contributed by atoms with Gasteiger partial charge in [-0.3, -0.25) is 4.90 Å². The minimum atomic E-state index is -1.05. The molecular formula is C16H23NO4. The Morgan fingerprint density at radius 2 is 1.81 bits per heavy atom. The minimum Gasteiger partial charge on any atom is -0.480 e. The van der Waals surface area contributed by atoms with Crippen LogP contribution in [-0.4, -0.2) is 40.3 Å². The van der Waals surface area contributed by atoms with E-state index in [4.69, 9.17) is 9.84 Å². The molecule has 1 atom stereocenters. The van der Waals surface area contributed by atoms with E-state index in [1.807, 2.05) is 30.3 Å². The van der Waals surface area contributed by atoms with Gasteiger partial charge in [-0.15, -0.1) is 0 Å². The molecule has 0 aliphatic heterocycles. The molecule has 1 rings (SSSR count). The molecular weight excluding hydrogens is 270 g/mol. The standard InChI is InChI=1S/C16H23NO4/c1-12(14(18)19)17(15(20)21-16(2,3)4)11-10-13-8-6-5-7-9-13/h5-9,12H,10-11H2,1-4H3,(H,18,19)/t12-/m0/s1. The maximum absolute atomic E-state index is 12.2. The predicted molar refractivity (Wildman–Crippen MR) is 80.2 cm³/mol. The Labute approximate surface area is 125 Å². The maximum Gasteiger partial charge on any atom is 0.411 e. The summed E-state index contributed by atoms with van der Waals surface area (Å²) in [7, 11) is 0. The zero-order valence-electron chi connectivity index (χ0n) is 13.0. The highest BCUT2D eigenvalue weighted by Gasteiger charge is 2.29. The number of rotatable bonds is 5. The lowest BCUT2D eigenvalue weighted by Crippen LogP contribution is -2.46. The fourth-order valence-electron chi connectivity index (χ4n) is 1.79. The summed E-state index contributed by atoms with van der Waals surface area (Å²) in [4.78, 5) is 24.6. The minimum absolute atomic E-state index is 0.298. The first-order valence-electron chi connectivity index (χ1n) is 6.97. The van der Waals surface area contributed by atoms with Gasteiger partial charge >= 0.3 is 12.1 Å². The monoisotopic (exact) mass is 293 g/mol. The molecule has 1 aromatic rings. The zero-order valence-corrected chi connectivity index (χ0v) is 13.0. The second-order valence-electron chi connectivity index (χ2n) is 5.92. The van der Waals surface area contributed by atoms with Crippen molar-refractivity contribution in [2.45, 2.75) is 45.8 Å². The smallest absolute Gasteiger partial charge is 0.411 e. The van der Waals surface area contributed by atoms with E-state index in [9.17, 15) is 9.59 Å². The first-order chi connectivity index (χ1) is 9.70. The van der Waals surface area contributed by atoms with Crippen LogP contribution in [0.15, 0.2) is 30.3 Å². The molecule has 1 aromatic carbocycles. The molecule has 0 fully saturated rings. The number of amides is 1. The van der Waals surface area contributed by atoms with Crippen LogP contribution in [0.4, 0.5) is 4.79 Å². The van der Waals surface area contributed by atoms with Crippen molar-refractivity contribution in [1.29, 1.82) is 0 Å². The lowest BCUT2D eigenvalue weighted by Gasteiger charge is -2.29. The average Bonchev–Trinajstić information content (AvgIpc) is 2.37. The number of aliphatic carboxylic acids is 1. The van der Waals surface area contributed by atoms with Gasteiger partial charge in [-0.05, 0) is 39.7 Å². The summed E-state index contributed by atoms with van der Waals surface area (Å²) in [5.41, 5.74) is 0.393. The fraction of sp³-hybridized carbons (Fsp3) is 0.500. The molecule has 5 heteroatoms. The van der Waals surface area contributed by atoms with Crippen molar-refractivity contribution in [3.8, 4) is 0 Å². The molecule has 0 spiro atoms. The molecule has 21 heavy (non-hydrogen) atoms. The normalized spacial score (nSPS) is 12.6. The number of nitrogens with zero attached hydrogens (tertiary/aromatic N) is 1. The highest BCUT2D eigenvalue weighted by molar-refractivity contribution is 5.79. The van der Waals surface area contributed by atoms with Gasteiger partial charge in [-0.25, -0.2) is 9.59 Å². The zero-order chi connectivity index (χ0) is 16.0. The largest absolute Gasteiger partial charge is 0.480 e. The topological polar surface area (TPSA) is 66.8 Å². The number of hydrogen-bond donors (Lipinski definition) is 1. The Morgan fingerprint density at radius 1 is 1.24 bits per heavy atom. The van der Waals surface area contributed by atoms with Crippen molar-refractivity contribution in [3.05, 3.63) is 35.9 Å². The van der Waals surface area contributed by atoms with Gasteiger partial charge in [0.05, 0.1) is 0 Å². The Bertz CT molecular complexity index is 479. The third kappa shape index (κ3) is 5.85. The summed E-state index contributed by atoms with van der Waals surface area (Å²) in [5.74, 6) is -1.05. The Kier molecular flexibility index (Phi) is 5.76. The molecule has 116 valence electrons. The summed E-state index contributed by atoms with van der Waals surface area (Å²) in [6.45, 7) is 7.05. The summed E-state index contributed by atoms with van der Waals surface area (Å²) >= 11 is 0. The highest BCUT2D eigenvalue weighted by atomic mass is 16.6. The Morgan fingerprint density at radius 3 is 2.29 bits per heavy atom. The van der Waals surface area contributed by atoms with Crippen LogP contribution in [0.3, 0.4) is 0 Å². The van der Waals surface area contributed by atoms with Gasteiger partial charge < -0.3 is 9.84 Å². The molecule has 0 unspecified atom stereocenters. The molecule has 0 aliphatic rings. The number of benzene rings is 1. The van der Waals surface area contributed by atoms with Gasteiger partial charge in [-0.2, -0.15) is 0 Å². The molecule has 0 aromatic heterocycles. The summed E-state index contributed by atoms with van der Waals surface area (Å²) in [6, 6.07) is 8.69. The van der Waals surface area contributed by atoms with Gasteiger partial charge in [-0.1, -0.05) is 30.3 Å². The van der Waals surface area contributed by atoms with Crippen LogP contribution in [0.2, 0.25) is 0 Å². The molecule has 5 nitrogen and oxygen atoms in total. The number of carbonyl (C=O) groups is 2. The summed E-state index contributed by atoms with van der Waals surface area (Å²) < 4.78 is 5.28. The molecule has 0 aliphatic carbocycles. The maximum atomic E-state index is 12.2. The summed E-state index contributed by atoms with van der Waals surface area (Å²) in [5, 5.41) is 9.15. The Hall–Kier alpha value is -2.04. The number of carboxylic acid groups (broad SMARTS) is 1. The van der Waals surface area contributed by atoms with Crippen molar-refractivity contribution >= 4 is 12.1 Å². The van der Waals surface area contributed by atoms with E-state index in [1.54, 1.807) is 20.8 Å². The fourth-order valence-corrected chi connectivity index (χ4v) is 1.79. The predicted octanol–water partition coefficient (Wildman–Crippen LogP) is 2.94. The SMILES string of the molecule is C[C@@H](C(=O)O)N(CCc1ccccc1)C(=O)OC(C)(C)C. The molecule has 0 bridgehead atoms. The van der Waals surface area contributed by atoms with Gasteiger partial charge in [0.15, 0.2) is 0 Å². The van der Waals surface area contributed by atoms with E-state index >= 15 is 0 Å². The quantitative estimate of drug-likeness (QED) is 0.906. The third-order valence-electron chi connectivity index (χ3n) is 2.94. The lowest BCUT2D eigenvalue weighted by atomic mass is 10.1. The van der Waals surface area contributed by atoms with Gasteiger partial charge in [0.1, 0.15) is 11.6 Å². The van der Waals surface area contributed by atoms with E-state index in [0.717, 1.165) is 5.56 Å². The van der Waals surface area contributed by atoms with Crippen LogP contribution in [0.5, 0.6) is 0 Å². The second-order valence-corrected chi connectivity index (χ2v) is 5.92. The first kappa shape index (κ1) is 17.0. The van der Waals surface area contributed by atoms with E-state index in [-0.39, 0.29) is 0 Å². The third-order valence-corrected chi connectivity index (χ3v) is 2.94. The highest BCUT2D eigenvalue weighted by Crippen LogP contribution is 2.13. The summed E-state index contributed by atoms with van der Waals surface area (Å²) in [6.07, 6.45) is -0.0223. The Balaban J connectivity index is 2.78. The van der Waals surface area contributed by atoms with E-state index in [2.05, 4.69) is 0 Å².